The third-order valence-electron chi connectivity index (χ3n) is 3.54. The van der Waals surface area contributed by atoms with Crippen molar-refractivity contribution in [3.63, 3.8) is 0 Å². The summed E-state index contributed by atoms with van der Waals surface area (Å²) in [7, 11) is 0. The van der Waals surface area contributed by atoms with Gasteiger partial charge in [0.25, 0.3) is 0 Å². The van der Waals surface area contributed by atoms with Crippen LogP contribution in [0, 0.1) is 5.92 Å². The van der Waals surface area contributed by atoms with Crippen molar-refractivity contribution in [3.8, 4) is 0 Å². The topological polar surface area (TPSA) is 15.3 Å². The second-order valence-electron chi connectivity index (χ2n) is 5.37. The van der Waals surface area contributed by atoms with Crippen molar-refractivity contribution >= 4 is 27.5 Å². The Balaban J connectivity index is 1.72. The van der Waals surface area contributed by atoms with E-state index in [9.17, 15) is 13.2 Å². The van der Waals surface area contributed by atoms with E-state index < -0.39 is 12.7 Å². The second-order valence-corrected chi connectivity index (χ2v) is 6.69. The van der Waals surface area contributed by atoms with Gasteiger partial charge in [0, 0.05) is 22.6 Å². The molecule has 0 saturated carbocycles. The van der Waals surface area contributed by atoms with Crippen molar-refractivity contribution in [1.82, 2.24) is 10.2 Å². The molecule has 21 heavy (non-hydrogen) atoms. The Morgan fingerprint density at radius 3 is 2.81 bits per heavy atom. The Morgan fingerprint density at radius 2 is 2.14 bits per heavy atom. The Bertz CT molecular complexity index is 482. The maximum Gasteiger partial charge on any atom is 0.401 e. The summed E-state index contributed by atoms with van der Waals surface area (Å²) in [4.78, 5) is 1.47. The van der Waals surface area contributed by atoms with E-state index in [-0.39, 0.29) is 5.92 Å². The van der Waals surface area contributed by atoms with Gasteiger partial charge in [0.05, 0.1) is 6.54 Å². The molecule has 0 radical (unpaired) electrons. The first-order valence-corrected chi connectivity index (χ1v) is 7.94. The van der Waals surface area contributed by atoms with Crippen LogP contribution in [0.1, 0.15) is 12.0 Å². The summed E-state index contributed by atoms with van der Waals surface area (Å²) in [6, 6.07) is 5.69. The first-order chi connectivity index (χ1) is 9.83. The maximum atomic E-state index is 12.3. The molecule has 0 aliphatic carbocycles. The minimum absolute atomic E-state index is 0.265. The number of nitrogens with zero attached hydrogens (tertiary/aromatic N) is 1. The molecule has 1 aliphatic rings. The van der Waals surface area contributed by atoms with Crippen molar-refractivity contribution < 1.29 is 13.2 Å². The first kappa shape index (κ1) is 17.1. The number of alkyl halides is 3. The smallest absolute Gasteiger partial charge is 0.312 e. The summed E-state index contributed by atoms with van der Waals surface area (Å²) < 4.78 is 37.9. The number of rotatable bonds is 5. The van der Waals surface area contributed by atoms with Crippen LogP contribution in [0.4, 0.5) is 13.2 Å². The molecule has 7 heteroatoms. The van der Waals surface area contributed by atoms with Crippen LogP contribution in [0.2, 0.25) is 5.02 Å². The zero-order valence-corrected chi connectivity index (χ0v) is 13.7. The highest BCUT2D eigenvalue weighted by atomic mass is 79.9. The summed E-state index contributed by atoms with van der Waals surface area (Å²) in [6.45, 7) is 1.55. The van der Waals surface area contributed by atoms with E-state index in [1.54, 1.807) is 0 Å². The lowest BCUT2D eigenvalue weighted by Gasteiger charge is -2.18. The van der Waals surface area contributed by atoms with Crippen LogP contribution in [0.15, 0.2) is 22.7 Å². The molecule has 2 nitrogen and oxygen atoms in total. The number of hydrogen-bond acceptors (Lipinski definition) is 2. The van der Waals surface area contributed by atoms with Crippen LogP contribution in [0.25, 0.3) is 0 Å². The van der Waals surface area contributed by atoms with Gasteiger partial charge in [-0.15, -0.1) is 0 Å². The lowest BCUT2D eigenvalue weighted by Crippen LogP contribution is -2.33. The number of halogens is 5. The van der Waals surface area contributed by atoms with Crippen LogP contribution in [0.3, 0.4) is 0 Å². The largest absolute Gasteiger partial charge is 0.401 e. The van der Waals surface area contributed by atoms with Gasteiger partial charge in [-0.1, -0.05) is 33.6 Å². The fourth-order valence-electron chi connectivity index (χ4n) is 2.55. The highest BCUT2D eigenvalue weighted by Crippen LogP contribution is 2.23. The van der Waals surface area contributed by atoms with Gasteiger partial charge < -0.3 is 5.32 Å². The van der Waals surface area contributed by atoms with E-state index >= 15 is 0 Å². The summed E-state index contributed by atoms with van der Waals surface area (Å²) >= 11 is 9.46. The monoisotopic (exact) mass is 384 g/mol. The molecule has 1 N–H and O–H groups in total. The van der Waals surface area contributed by atoms with E-state index in [1.807, 2.05) is 18.2 Å². The molecule has 0 aromatic heterocycles. The fourth-order valence-corrected chi connectivity index (χ4v) is 3.29. The predicted octanol–water partition coefficient (Wildman–Crippen LogP) is 4.08. The molecule has 1 saturated heterocycles. The zero-order valence-electron chi connectivity index (χ0n) is 11.4. The molecule has 118 valence electrons. The summed E-state index contributed by atoms with van der Waals surface area (Å²) in [5.41, 5.74) is 0.991. The van der Waals surface area contributed by atoms with Gasteiger partial charge in [0.15, 0.2) is 0 Å². The number of hydrogen-bond donors (Lipinski definition) is 1. The van der Waals surface area contributed by atoms with Gasteiger partial charge in [-0.25, -0.2) is 0 Å². The molecule has 1 aromatic carbocycles. The number of nitrogens with one attached hydrogen (secondary N) is 1. The molecule has 1 heterocycles. The average Bonchev–Trinajstić information content (AvgIpc) is 2.77. The molecule has 1 aliphatic heterocycles. The van der Waals surface area contributed by atoms with Crippen molar-refractivity contribution in [2.24, 2.45) is 5.92 Å². The van der Waals surface area contributed by atoms with Gasteiger partial charge in [-0.05, 0) is 43.1 Å². The minimum atomic E-state index is -4.10. The Kier molecular flexibility index (Phi) is 5.94. The van der Waals surface area contributed by atoms with Crippen molar-refractivity contribution in [1.29, 1.82) is 0 Å². The molecule has 1 unspecified atom stereocenters. The average molecular weight is 386 g/mol. The Labute approximate surface area is 135 Å². The van der Waals surface area contributed by atoms with Gasteiger partial charge in [0.2, 0.25) is 0 Å². The van der Waals surface area contributed by atoms with Crippen LogP contribution < -0.4 is 5.32 Å². The van der Waals surface area contributed by atoms with E-state index in [4.69, 9.17) is 11.6 Å². The van der Waals surface area contributed by atoms with Crippen molar-refractivity contribution in [2.45, 2.75) is 19.1 Å². The molecular formula is C14H17BrClF3N2. The molecule has 1 fully saturated rings. The highest BCUT2D eigenvalue weighted by molar-refractivity contribution is 9.10. The van der Waals surface area contributed by atoms with Crippen LogP contribution in [0.5, 0.6) is 0 Å². The Morgan fingerprint density at radius 1 is 1.38 bits per heavy atom. The number of benzene rings is 1. The summed E-state index contributed by atoms with van der Waals surface area (Å²) in [5.74, 6) is 0.265. The normalized spacial score (nSPS) is 20.1. The molecule has 0 spiro atoms. The quantitative estimate of drug-likeness (QED) is 0.822. The maximum absolute atomic E-state index is 12.3. The summed E-state index contributed by atoms with van der Waals surface area (Å²) in [5, 5.41) is 3.96. The van der Waals surface area contributed by atoms with Gasteiger partial charge in [0.1, 0.15) is 0 Å². The van der Waals surface area contributed by atoms with Crippen molar-refractivity contribution in [3.05, 3.63) is 33.3 Å². The molecule has 0 amide bonds. The predicted molar refractivity (Wildman–Crippen MR) is 81.5 cm³/mol. The van der Waals surface area contributed by atoms with Crippen LogP contribution in [-0.4, -0.2) is 37.3 Å². The van der Waals surface area contributed by atoms with Gasteiger partial charge in [-0.3, -0.25) is 4.90 Å². The van der Waals surface area contributed by atoms with Crippen LogP contribution in [-0.2, 0) is 6.54 Å². The van der Waals surface area contributed by atoms with Crippen LogP contribution >= 0.6 is 27.5 Å². The van der Waals surface area contributed by atoms with E-state index in [2.05, 4.69) is 21.2 Å². The fraction of sp³-hybridized carbons (Fsp3) is 0.571. The first-order valence-electron chi connectivity index (χ1n) is 6.77. The third-order valence-corrected chi connectivity index (χ3v) is 4.38. The second kappa shape index (κ2) is 7.31. The minimum Gasteiger partial charge on any atom is -0.312 e. The molecular weight excluding hydrogens is 369 g/mol. The summed E-state index contributed by atoms with van der Waals surface area (Å²) in [6.07, 6.45) is -3.30. The lowest BCUT2D eigenvalue weighted by molar-refractivity contribution is -0.143. The standard InChI is InChI=1S/C14H17BrClF3N2/c15-12-2-1-11(13(16)5-12)7-20-6-10-3-4-21(8-10)9-14(17,18)19/h1-2,5,10,20H,3-4,6-9H2. The van der Waals surface area contributed by atoms with E-state index in [1.165, 1.54) is 4.90 Å². The van der Waals surface area contributed by atoms with E-state index in [0.29, 0.717) is 31.2 Å². The third kappa shape index (κ3) is 5.77. The highest BCUT2D eigenvalue weighted by Gasteiger charge is 2.34. The van der Waals surface area contributed by atoms with Gasteiger partial charge >= 0.3 is 6.18 Å². The van der Waals surface area contributed by atoms with Gasteiger partial charge in [-0.2, -0.15) is 13.2 Å². The molecule has 1 aromatic rings. The molecule has 2 rings (SSSR count). The molecule has 1 atom stereocenters. The van der Waals surface area contributed by atoms with Crippen molar-refractivity contribution in [2.75, 3.05) is 26.2 Å². The number of likely N-dealkylation sites (tertiary alicyclic amines) is 1. The van der Waals surface area contributed by atoms with E-state index in [0.717, 1.165) is 16.5 Å². The lowest BCUT2D eigenvalue weighted by atomic mass is 10.1. The SMILES string of the molecule is FC(F)(F)CN1CCC(CNCc2ccc(Br)cc2Cl)C1. The Hall–Kier alpha value is -0.300. The zero-order chi connectivity index (χ0) is 15.5. The molecule has 0 bridgehead atoms.